The van der Waals surface area contributed by atoms with Gasteiger partial charge in [0.05, 0.1) is 6.61 Å². The molecule has 0 spiro atoms. The molecule has 13 heteroatoms. The number of hydrogen-bond acceptors (Lipinski definition) is 10. The molecule has 36 heavy (non-hydrogen) atoms. The van der Waals surface area contributed by atoms with Crippen LogP contribution < -0.4 is 5.32 Å². The number of carbonyl (C=O) groups is 2. The van der Waals surface area contributed by atoms with E-state index in [-0.39, 0.29) is 11.1 Å². The number of nitrogens with one attached hydrogen (secondary N) is 2. The number of aliphatic hydroxyl groups is 3. The monoisotopic (exact) mass is 497 g/mol. The van der Waals surface area contributed by atoms with Crippen molar-refractivity contribution in [2.45, 2.75) is 36.7 Å². The molecular formula is C23H23N5O8. The van der Waals surface area contributed by atoms with Gasteiger partial charge in [-0.25, -0.2) is 4.99 Å². The quantitative estimate of drug-likeness (QED) is 0.188. The zero-order chi connectivity index (χ0) is 26.0. The van der Waals surface area contributed by atoms with Gasteiger partial charge in [0.2, 0.25) is 11.6 Å². The van der Waals surface area contributed by atoms with Gasteiger partial charge in [0.25, 0.3) is 5.91 Å². The maximum atomic E-state index is 13.6. The average molecular weight is 497 g/mol. The topological polar surface area (TPSA) is 199 Å². The van der Waals surface area contributed by atoms with Crippen LogP contribution in [0.2, 0.25) is 0 Å². The molecule has 0 aliphatic carbocycles. The van der Waals surface area contributed by atoms with Crippen LogP contribution in [0, 0.1) is 15.5 Å². The number of amides is 1. The molecule has 6 atom stereocenters. The Bertz CT molecular complexity index is 1190. The minimum Gasteiger partial charge on any atom is -0.394 e. The lowest BCUT2D eigenvalue weighted by atomic mass is 10.0. The fraction of sp³-hybridized carbons (Fsp3) is 0.304. The number of Topliss-reactive ketones (excluding diaryl/α,β-unsaturated/α-hetero) is 1. The van der Waals surface area contributed by atoms with Gasteiger partial charge >= 0.3 is 6.04 Å². The molecule has 1 fully saturated rings. The molecule has 2 aromatic rings. The van der Waals surface area contributed by atoms with E-state index in [1.54, 1.807) is 36.4 Å². The van der Waals surface area contributed by atoms with Gasteiger partial charge in [0.15, 0.2) is 12.0 Å². The lowest BCUT2D eigenvalue weighted by molar-refractivity contribution is -0.511. The van der Waals surface area contributed by atoms with Crippen LogP contribution >= 0.6 is 0 Å². The van der Waals surface area contributed by atoms with Crippen LogP contribution in [0.15, 0.2) is 65.7 Å². The Hall–Kier alpha value is -3.88. The third kappa shape index (κ3) is 4.65. The third-order valence-corrected chi connectivity index (χ3v) is 5.90. The number of amidine groups is 2. The summed E-state index contributed by atoms with van der Waals surface area (Å²) in [5, 5.41) is 52.7. The second-order valence-corrected chi connectivity index (χ2v) is 8.16. The molecule has 2 aliphatic rings. The van der Waals surface area contributed by atoms with Crippen molar-refractivity contribution in [1.29, 1.82) is 5.41 Å². The Morgan fingerprint density at radius 3 is 2.17 bits per heavy atom. The molecule has 2 aliphatic heterocycles. The molecule has 2 heterocycles. The van der Waals surface area contributed by atoms with Crippen LogP contribution in [-0.4, -0.2) is 91.9 Å². The summed E-state index contributed by atoms with van der Waals surface area (Å²) in [4.78, 5) is 42.8. The number of rotatable bonds is 7. The van der Waals surface area contributed by atoms with Crippen molar-refractivity contribution < 1.29 is 34.6 Å². The predicted molar refractivity (Wildman–Crippen MR) is 124 cm³/mol. The first-order valence-electron chi connectivity index (χ1n) is 10.9. The smallest absolute Gasteiger partial charge is 0.304 e. The number of benzene rings is 2. The SMILES string of the molecule is N=C1N=C(C(=O)c2ccccc2)N(C(=O)c2ccccc2)C(N[C@@H]2O[C@H](CO)[C@@H](O)[C@H]2O)C1[N+](=O)[O-]. The Morgan fingerprint density at radius 2 is 1.64 bits per heavy atom. The molecule has 13 nitrogen and oxygen atoms in total. The third-order valence-electron chi connectivity index (χ3n) is 5.90. The molecule has 1 amide bonds. The highest BCUT2D eigenvalue weighted by molar-refractivity contribution is 6.49. The molecule has 0 aromatic heterocycles. The molecule has 188 valence electrons. The van der Waals surface area contributed by atoms with E-state index in [1.165, 1.54) is 24.3 Å². The highest BCUT2D eigenvalue weighted by Crippen LogP contribution is 2.25. The lowest BCUT2D eigenvalue weighted by Crippen LogP contribution is -2.67. The van der Waals surface area contributed by atoms with Crippen molar-refractivity contribution in [2.24, 2.45) is 4.99 Å². The summed E-state index contributed by atoms with van der Waals surface area (Å²) >= 11 is 0. The van der Waals surface area contributed by atoms with E-state index in [0.717, 1.165) is 4.90 Å². The van der Waals surface area contributed by atoms with Gasteiger partial charge in [-0.3, -0.25) is 35.3 Å². The van der Waals surface area contributed by atoms with Crippen LogP contribution in [-0.2, 0) is 4.74 Å². The molecule has 2 aromatic carbocycles. The summed E-state index contributed by atoms with van der Waals surface area (Å²) in [6.07, 6.45) is -7.56. The first-order valence-corrected chi connectivity index (χ1v) is 10.9. The highest BCUT2D eigenvalue weighted by atomic mass is 16.6. The van der Waals surface area contributed by atoms with Crippen molar-refractivity contribution in [2.75, 3.05) is 6.61 Å². The van der Waals surface area contributed by atoms with Gasteiger partial charge in [-0.15, -0.1) is 0 Å². The maximum absolute atomic E-state index is 13.6. The van der Waals surface area contributed by atoms with Crippen LogP contribution in [0.5, 0.6) is 0 Å². The largest absolute Gasteiger partial charge is 0.394 e. The van der Waals surface area contributed by atoms with Gasteiger partial charge < -0.3 is 20.1 Å². The Morgan fingerprint density at radius 1 is 1.06 bits per heavy atom. The van der Waals surface area contributed by atoms with E-state index in [9.17, 15) is 35.0 Å². The van der Waals surface area contributed by atoms with Gasteiger partial charge in [-0.1, -0.05) is 48.5 Å². The van der Waals surface area contributed by atoms with Crippen LogP contribution in [0.25, 0.3) is 0 Å². The summed E-state index contributed by atoms with van der Waals surface area (Å²) < 4.78 is 5.40. The van der Waals surface area contributed by atoms with E-state index < -0.39 is 71.6 Å². The molecule has 0 saturated carbocycles. The molecule has 1 saturated heterocycles. The first kappa shape index (κ1) is 25.2. The van der Waals surface area contributed by atoms with Gasteiger partial charge in [-0.2, -0.15) is 0 Å². The molecule has 5 N–H and O–H groups in total. The number of nitrogens with zero attached hydrogens (tertiary/aromatic N) is 3. The summed E-state index contributed by atoms with van der Waals surface area (Å²) in [5.74, 6) is -2.94. The molecule has 0 bridgehead atoms. The molecule has 4 rings (SSSR count). The second-order valence-electron chi connectivity index (χ2n) is 8.16. The zero-order valence-electron chi connectivity index (χ0n) is 18.7. The maximum Gasteiger partial charge on any atom is 0.304 e. The minimum absolute atomic E-state index is 0.0783. The molecule has 0 radical (unpaired) electrons. The summed E-state index contributed by atoms with van der Waals surface area (Å²) in [6.45, 7) is -0.651. The molecular weight excluding hydrogens is 474 g/mol. The van der Waals surface area contributed by atoms with Gasteiger partial charge in [0.1, 0.15) is 24.5 Å². The highest BCUT2D eigenvalue weighted by Gasteiger charge is 2.53. The van der Waals surface area contributed by atoms with E-state index in [1.807, 2.05) is 0 Å². The van der Waals surface area contributed by atoms with Crippen LogP contribution in [0.4, 0.5) is 0 Å². The van der Waals surface area contributed by atoms with Crippen molar-refractivity contribution in [3.63, 3.8) is 0 Å². The van der Waals surface area contributed by atoms with Crippen LogP contribution in [0.3, 0.4) is 0 Å². The second kappa shape index (κ2) is 10.4. The number of ketones is 1. The Labute approximate surface area is 204 Å². The van der Waals surface area contributed by atoms with E-state index in [2.05, 4.69) is 10.3 Å². The standard InChI is InChI=1S/C23H23N5O8/c24-19-15(28(34)35)20(26-22-18(32)17(31)14(11-29)36-22)27(23(33)13-9-5-2-6-10-13)21(25-19)16(30)12-7-3-1-4-8-12/h1-10,14-15,17-18,20,22,24,26,29,31-32H,11H2/t14-,15?,17-,18-,20?,22-/m1/s1. The number of hydrogen-bond donors (Lipinski definition) is 5. The van der Waals surface area contributed by atoms with Crippen molar-refractivity contribution in [1.82, 2.24) is 10.2 Å². The molecule has 2 unspecified atom stereocenters. The van der Waals surface area contributed by atoms with Gasteiger partial charge in [-0.05, 0) is 12.1 Å². The zero-order valence-corrected chi connectivity index (χ0v) is 18.7. The summed E-state index contributed by atoms with van der Waals surface area (Å²) in [7, 11) is 0. The summed E-state index contributed by atoms with van der Waals surface area (Å²) in [6, 6.07) is 13.5. The Balaban J connectivity index is 1.82. The van der Waals surface area contributed by atoms with Crippen LogP contribution in [0.1, 0.15) is 20.7 Å². The fourth-order valence-corrected chi connectivity index (χ4v) is 4.06. The number of nitro groups is 1. The number of aliphatic hydroxyl groups excluding tert-OH is 3. The van der Waals surface area contributed by atoms with Gasteiger partial charge in [0, 0.05) is 16.1 Å². The van der Waals surface area contributed by atoms with Crippen molar-refractivity contribution >= 4 is 23.4 Å². The number of ether oxygens (including phenoxy) is 1. The lowest BCUT2D eigenvalue weighted by Gasteiger charge is -2.38. The van der Waals surface area contributed by atoms with E-state index >= 15 is 0 Å². The Kier molecular flexibility index (Phi) is 7.28. The van der Waals surface area contributed by atoms with Crippen molar-refractivity contribution in [3.8, 4) is 0 Å². The fourth-order valence-electron chi connectivity index (χ4n) is 4.06. The number of carbonyl (C=O) groups excluding carboxylic acids is 2. The van der Waals surface area contributed by atoms with Crippen molar-refractivity contribution in [3.05, 3.63) is 81.9 Å². The first-order chi connectivity index (χ1) is 17.2. The summed E-state index contributed by atoms with van der Waals surface area (Å²) in [5.41, 5.74) is 0.204. The normalized spacial score (nSPS) is 28.0. The number of aliphatic imine (C=N–C) groups is 1. The van der Waals surface area contributed by atoms with E-state index in [4.69, 9.17) is 10.1 Å². The minimum atomic E-state index is -1.95. The van der Waals surface area contributed by atoms with E-state index in [0.29, 0.717) is 0 Å². The average Bonchev–Trinajstić information content (AvgIpc) is 3.16. The predicted octanol–water partition coefficient (Wildman–Crippen LogP) is -0.599.